The van der Waals surface area contributed by atoms with Crippen molar-refractivity contribution in [3.05, 3.63) is 102 Å². The number of H-pyrrole nitrogens is 1. The molecule has 2 amide bonds. The highest BCUT2D eigenvalue weighted by molar-refractivity contribution is 6.05. The third kappa shape index (κ3) is 4.61. The minimum absolute atomic E-state index is 0.0970. The average molecular weight is 475 g/mol. The summed E-state index contributed by atoms with van der Waals surface area (Å²) in [5.74, 6) is 0.485. The number of para-hydroxylation sites is 1. The molecule has 0 radical (unpaired) electrons. The fraction of sp³-hybridized carbons (Fsp3) is 0.100. The van der Waals surface area contributed by atoms with E-state index in [4.69, 9.17) is 4.98 Å². The van der Waals surface area contributed by atoms with Crippen molar-refractivity contribution in [1.29, 1.82) is 0 Å². The number of fused-ring (bicyclic) bond motifs is 1. The molecule has 0 fully saturated rings. The van der Waals surface area contributed by atoms with Crippen molar-refractivity contribution in [3.63, 3.8) is 0 Å². The highest BCUT2D eigenvalue weighted by Gasteiger charge is 2.12. The molecule has 0 atom stereocenters. The van der Waals surface area contributed by atoms with E-state index in [2.05, 4.69) is 29.4 Å². The summed E-state index contributed by atoms with van der Waals surface area (Å²) in [6.07, 6.45) is 0. The number of carbonyl (C=O) groups is 2. The lowest BCUT2D eigenvalue weighted by molar-refractivity contribution is -0.116. The molecule has 0 unspecified atom stereocenters. The molecular formula is C30H26N4O2. The van der Waals surface area contributed by atoms with Gasteiger partial charge in [-0.05, 0) is 66.1 Å². The predicted molar refractivity (Wildman–Crippen MR) is 145 cm³/mol. The van der Waals surface area contributed by atoms with E-state index in [0.717, 1.165) is 39.1 Å². The molecule has 0 spiro atoms. The van der Waals surface area contributed by atoms with Gasteiger partial charge in [-0.2, -0.15) is 0 Å². The summed E-state index contributed by atoms with van der Waals surface area (Å²) in [4.78, 5) is 34.3. The van der Waals surface area contributed by atoms with Gasteiger partial charge in [0, 0.05) is 36.5 Å². The topological polar surface area (TPSA) is 78.1 Å². The monoisotopic (exact) mass is 474 g/mol. The van der Waals surface area contributed by atoms with Gasteiger partial charge in [0.2, 0.25) is 5.91 Å². The lowest BCUT2D eigenvalue weighted by Gasteiger charge is -2.16. The number of aromatic amines is 1. The molecule has 0 bridgehead atoms. The number of nitrogens with one attached hydrogen (secondary N) is 2. The Morgan fingerprint density at radius 2 is 1.53 bits per heavy atom. The molecule has 0 saturated carbocycles. The molecule has 4 aromatic carbocycles. The quantitative estimate of drug-likeness (QED) is 0.308. The number of amides is 2. The van der Waals surface area contributed by atoms with Crippen LogP contribution in [0.3, 0.4) is 0 Å². The summed E-state index contributed by atoms with van der Waals surface area (Å²) in [7, 11) is 1.68. The van der Waals surface area contributed by atoms with Gasteiger partial charge in [0.05, 0.1) is 11.0 Å². The van der Waals surface area contributed by atoms with Crippen LogP contribution >= 0.6 is 0 Å². The number of hydrogen-bond acceptors (Lipinski definition) is 3. The highest BCUT2D eigenvalue weighted by Crippen LogP contribution is 2.29. The van der Waals surface area contributed by atoms with Crippen molar-refractivity contribution in [1.82, 2.24) is 9.97 Å². The molecule has 5 aromatic rings. The van der Waals surface area contributed by atoms with Crippen LogP contribution in [0.1, 0.15) is 22.8 Å². The molecule has 6 heteroatoms. The zero-order chi connectivity index (χ0) is 25.2. The van der Waals surface area contributed by atoms with Gasteiger partial charge in [-0.1, -0.05) is 48.5 Å². The highest BCUT2D eigenvalue weighted by atomic mass is 16.2. The zero-order valence-electron chi connectivity index (χ0n) is 20.4. The van der Waals surface area contributed by atoms with Crippen molar-refractivity contribution in [2.24, 2.45) is 0 Å². The van der Waals surface area contributed by atoms with E-state index < -0.39 is 0 Å². The molecule has 0 aliphatic heterocycles. The second-order valence-electron chi connectivity index (χ2n) is 8.80. The Balaban J connectivity index is 1.40. The van der Waals surface area contributed by atoms with Gasteiger partial charge in [-0.15, -0.1) is 0 Å². The Morgan fingerprint density at radius 1 is 0.833 bits per heavy atom. The lowest BCUT2D eigenvalue weighted by Crippen LogP contribution is -2.23. The Morgan fingerprint density at radius 3 is 2.31 bits per heavy atom. The van der Waals surface area contributed by atoms with E-state index in [0.29, 0.717) is 16.9 Å². The van der Waals surface area contributed by atoms with Crippen LogP contribution in [0.4, 0.5) is 11.4 Å². The number of aromatic nitrogens is 2. The molecule has 2 N–H and O–H groups in total. The fourth-order valence-electron chi connectivity index (χ4n) is 4.18. The van der Waals surface area contributed by atoms with Gasteiger partial charge >= 0.3 is 0 Å². The number of imidazole rings is 1. The molecule has 0 saturated heterocycles. The summed E-state index contributed by atoms with van der Waals surface area (Å²) in [5, 5.41) is 2.97. The van der Waals surface area contributed by atoms with Crippen molar-refractivity contribution >= 4 is 34.2 Å². The number of hydrogen-bond donors (Lipinski definition) is 2. The Kier molecular flexibility index (Phi) is 6.09. The van der Waals surface area contributed by atoms with Gasteiger partial charge in [-0.3, -0.25) is 9.59 Å². The van der Waals surface area contributed by atoms with Crippen LogP contribution in [0, 0.1) is 6.92 Å². The van der Waals surface area contributed by atoms with Crippen LogP contribution in [0.2, 0.25) is 0 Å². The Hall–Kier alpha value is -4.71. The first-order chi connectivity index (χ1) is 17.4. The number of carbonyl (C=O) groups excluding carboxylic acids is 2. The Bertz CT molecular complexity index is 1600. The van der Waals surface area contributed by atoms with E-state index in [1.807, 2.05) is 54.6 Å². The van der Waals surface area contributed by atoms with E-state index >= 15 is 0 Å². The number of nitrogens with zero attached hydrogens (tertiary/aromatic N) is 2. The molecule has 0 aliphatic carbocycles. The minimum Gasteiger partial charge on any atom is -0.338 e. The summed E-state index contributed by atoms with van der Waals surface area (Å²) in [5.41, 5.74) is 7.94. The molecule has 5 rings (SSSR count). The summed E-state index contributed by atoms with van der Waals surface area (Å²) in [6, 6.07) is 29.0. The summed E-state index contributed by atoms with van der Waals surface area (Å²) in [6.45, 7) is 3.55. The SMILES string of the molecule is CC(=O)N(C)c1cccc(C(=O)Nc2cccc(-c3cccc(-c4nc5c(C)cccc5[nH]4)c3)c2)c1. The van der Waals surface area contributed by atoms with Crippen LogP contribution in [-0.4, -0.2) is 28.8 Å². The lowest BCUT2D eigenvalue weighted by atomic mass is 10.0. The Labute approximate surface area is 209 Å². The number of rotatable bonds is 5. The van der Waals surface area contributed by atoms with Crippen LogP contribution in [0.5, 0.6) is 0 Å². The van der Waals surface area contributed by atoms with Crippen molar-refractivity contribution in [3.8, 4) is 22.5 Å². The summed E-state index contributed by atoms with van der Waals surface area (Å²) >= 11 is 0. The van der Waals surface area contributed by atoms with Gasteiger partial charge in [0.1, 0.15) is 5.82 Å². The standard InChI is InChI=1S/C30H26N4O2/c1-19-8-4-15-27-28(19)33-29(32-27)23-11-5-9-21(16-23)22-10-6-13-25(17-22)31-30(36)24-12-7-14-26(18-24)34(3)20(2)35/h4-18H,1-3H3,(H,31,36)(H,32,33). The van der Waals surface area contributed by atoms with Crippen LogP contribution in [-0.2, 0) is 4.79 Å². The third-order valence-electron chi connectivity index (χ3n) is 6.27. The first-order valence-electron chi connectivity index (χ1n) is 11.7. The second-order valence-corrected chi connectivity index (χ2v) is 8.80. The van der Waals surface area contributed by atoms with Gasteiger partial charge < -0.3 is 15.2 Å². The number of anilines is 2. The fourth-order valence-corrected chi connectivity index (χ4v) is 4.18. The zero-order valence-corrected chi connectivity index (χ0v) is 20.4. The molecule has 178 valence electrons. The van der Waals surface area contributed by atoms with Crippen molar-refractivity contribution < 1.29 is 9.59 Å². The minimum atomic E-state index is -0.239. The molecule has 6 nitrogen and oxygen atoms in total. The third-order valence-corrected chi connectivity index (χ3v) is 6.27. The van der Waals surface area contributed by atoms with Crippen LogP contribution in [0.15, 0.2) is 91.0 Å². The van der Waals surface area contributed by atoms with Crippen LogP contribution < -0.4 is 10.2 Å². The van der Waals surface area contributed by atoms with E-state index in [1.165, 1.54) is 11.8 Å². The maximum absolute atomic E-state index is 12.9. The maximum atomic E-state index is 12.9. The van der Waals surface area contributed by atoms with E-state index in [9.17, 15) is 9.59 Å². The smallest absolute Gasteiger partial charge is 0.255 e. The molecule has 1 heterocycles. The van der Waals surface area contributed by atoms with Crippen molar-refractivity contribution in [2.45, 2.75) is 13.8 Å². The van der Waals surface area contributed by atoms with Gasteiger partial charge in [0.25, 0.3) is 5.91 Å². The van der Waals surface area contributed by atoms with E-state index in [-0.39, 0.29) is 11.8 Å². The first kappa shape index (κ1) is 23.1. The predicted octanol–water partition coefficient (Wildman–Crippen LogP) is 6.44. The first-order valence-corrected chi connectivity index (χ1v) is 11.7. The van der Waals surface area contributed by atoms with Crippen molar-refractivity contribution in [2.75, 3.05) is 17.3 Å². The molecular weight excluding hydrogens is 448 g/mol. The van der Waals surface area contributed by atoms with Gasteiger partial charge in [-0.25, -0.2) is 4.98 Å². The van der Waals surface area contributed by atoms with Crippen LogP contribution in [0.25, 0.3) is 33.5 Å². The summed E-state index contributed by atoms with van der Waals surface area (Å²) < 4.78 is 0. The second kappa shape index (κ2) is 9.50. The largest absolute Gasteiger partial charge is 0.338 e. The normalized spacial score (nSPS) is 10.9. The molecule has 1 aromatic heterocycles. The number of aryl methyl sites for hydroxylation is 1. The van der Waals surface area contributed by atoms with E-state index in [1.54, 1.807) is 31.3 Å². The average Bonchev–Trinajstić information content (AvgIpc) is 3.34. The van der Waals surface area contributed by atoms with Gasteiger partial charge in [0.15, 0.2) is 0 Å². The molecule has 0 aliphatic rings. The molecule has 36 heavy (non-hydrogen) atoms. The number of benzene rings is 4. The maximum Gasteiger partial charge on any atom is 0.255 e.